The molecule has 0 saturated heterocycles. The Hall–Kier alpha value is -1.51. The fourth-order valence-electron chi connectivity index (χ4n) is 1.99. The van der Waals surface area contributed by atoms with Crippen LogP contribution in [0.2, 0.25) is 5.02 Å². The normalized spacial score (nSPS) is 10.8. The standard InChI is InChI=1S/C17H11BrClO.ClHO4/c18-16-14(19)11-15(12-7-3-1-4-8-12)20-17(16)13-9-5-2-6-10-13;2-1(3,4)5/h1-11H;(H,2,3,4,5)/q+1;/p-1. The first-order valence-electron chi connectivity index (χ1n) is 6.80. The minimum atomic E-state index is -4.94. The molecule has 0 aliphatic carbocycles. The lowest BCUT2D eigenvalue weighted by Gasteiger charge is -2.17. The van der Waals surface area contributed by atoms with Gasteiger partial charge in [-0.3, -0.25) is 0 Å². The van der Waals surface area contributed by atoms with E-state index in [2.05, 4.69) is 15.9 Å². The van der Waals surface area contributed by atoms with Crippen LogP contribution in [0.4, 0.5) is 0 Å². The quantitative estimate of drug-likeness (QED) is 0.556. The molecule has 25 heavy (non-hydrogen) atoms. The maximum atomic E-state index is 8.49. The largest absolute Gasteiger partial charge is 0.376 e. The Morgan fingerprint density at radius 1 is 0.800 bits per heavy atom. The minimum absolute atomic E-state index is 0.633. The van der Waals surface area contributed by atoms with E-state index >= 15 is 0 Å². The third-order valence-corrected chi connectivity index (χ3v) is 4.29. The summed E-state index contributed by atoms with van der Waals surface area (Å²) in [5, 5.41) is 0.633. The Labute approximate surface area is 159 Å². The van der Waals surface area contributed by atoms with Gasteiger partial charge in [0.1, 0.15) is 4.47 Å². The molecule has 0 unspecified atom stereocenters. The number of hydrogen-bond acceptors (Lipinski definition) is 4. The predicted octanol–water partition coefficient (Wildman–Crippen LogP) is 1.55. The lowest BCUT2D eigenvalue weighted by Crippen LogP contribution is -2.68. The molecule has 1 aromatic heterocycles. The average molecular weight is 446 g/mol. The molecule has 0 aliphatic heterocycles. The fourth-order valence-corrected chi connectivity index (χ4v) is 2.60. The van der Waals surface area contributed by atoms with Crippen LogP contribution in [0, 0.1) is 10.2 Å². The number of hydrogen-bond donors (Lipinski definition) is 0. The molecule has 3 aromatic rings. The number of rotatable bonds is 2. The second kappa shape index (κ2) is 8.73. The van der Waals surface area contributed by atoms with Crippen molar-refractivity contribution in [3.63, 3.8) is 0 Å². The number of halogens is 3. The van der Waals surface area contributed by atoms with Crippen molar-refractivity contribution in [3.05, 3.63) is 76.2 Å². The average Bonchev–Trinajstić information content (AvgIpc) is 2.57. The summed E-state index contributed by atoms with van der Waals surface area (Å²) in [6, 6.07) is 21.7. The molecule has 8 heteroatoms. The molecule has 1 heterocycles. The van der Waals surface area contributed by atoms with Crippen molar-refractivity contribution in [3.8, 4) is 22.6 Å². The zero-order valence-corrected chi connectivity index (χ0v) is 15.6. The molecule has 130 valence electrons. The molecule has 0 radical (unpaired) electrons. The Kier molecular flexibility index (Phi) is 6.92. The van der Waals surface area contributed by atoms with Crippen molar-refractivity contribution >= 4 is 27.5 Å². The Morgan fingerprint density at radius 3 is 1.72 bits per heavy atom. The summed E-state index contributed by atoms with van der Waals surface area (Å²) in [7, 11) is -4.94. The smallest absolute Gasteiger partial charge is 0.222 e. The highest BCUT2D eigenvalue weighted by molar-refractivity contribution is 9.10. The Balaban J connectivity index is 0.000000399. The van der Waals surface area contributed by atoms with Gasteiger partial charge in [0.15, 0.2) is 0 Å². The highest BCUT2D eigenvalue weighted by Gasteiger charge is 2.24. The van der Waals surface area contributed by atoms with E-state index in [0.29, 0.717) is 5.02 Å². The van der Waals surface area contributed by atoms with Gasteiger partial charge in [-0.1, -0.05) is 48.0 Å². The summed E-state index contributed by atoms with van der Waals surface area (Å²) < 4.78 is 40.8. The summed E-state index contributed by atoms with van der Waals surface area (Å²) in [5.74, 6) is 1.48. The molecular formula is C17H11BrCl2O5. The molecule has 0 N–H and O–H groups in total. The maximum absolute atomic E-state index is 8.49. The van der Waals surface area contributed by atoms with Crippen molar-refractivity contribution in [1.29, 1.82) is 0 Å². The second-order valence-electron chi connectivity index (χ2n) is 4.71. The SMILES string of the molecule is Clc1cc(-c2ccccc2)[o+]c(-c2ccccc2)c1Br.[O-][Cl+3]([O-])([O-])[O-]. The molecule has 0 spiro atoms. The summed E-state index contributed by atoms with van der Waals surface area (Å²) in [6.45, 7) is 0. The van der Waals surface area contributed by atoms with Crippen molar-refractivity contribution < 1.29 is 33.3 Å². The lowest BCUT2D eigenvalue weighted by atomic mass is 10.1. The Bertz CT molecular complexity index is 818. The zero-order chi connectivity index (χ0) is 18.4. The van der Waals surface area contributed by atoms with Crippen LogP contribution < -0.4 is 18.6 Å². The molecule has 3 rings (SSSR count). The van der Waals surface area contributed by atoms with Gasteiger partial charge in [-0.25, -0.2) is 23.1 Å². The van der Waals surface area contributed by atoms with E-state index in [0.717, 1.165) is 27.1 Å². The molecule has 0 atom stereocenters. The molecular weight excluding hydrogens is 435 g/mol. The summed E-state index contributed by atoms with van der Waals surface area (Å²) in [5.41, 5.74) is 1.98. The molecule has 0 aliphatic rings. The number of benzene rings is 2. The third-order valence-electron chi connectivity index (χ3n) is 2.97. The Morgan fingerprint density at radius 2 is 1.24 bits per heavy atom. The van der Waals surface area contributed by atoms with E-state index in [-0.39, 0.29) is 0 Å². The predicted molar refractivity (Wildman–Crippen MR) is 86.7 cm³/mol. The second-order valence-corrected chi connectivity index (χ2v) is 6.67. The van der Waals surface area contributed by atoms with Gasteiger partial charge in [0.05, 0.1) is 22.2 Å². The van der Waals surface area contributed by atoms with Crippen molar-refractivity contribution in [1.82, 2.24) is 0 Å². The lowest BCUT2D eigenvalue weighted by molar-refractivity contribution is -2.00. The van der Waals surface area contributed by atoms with E-state index in [1.807, 2.05) is 66.7 Å². The van der Waals surface area contributed by atoms with E-state index in [1.165, 1.54) is 0 Å². The highest BCUT2D eigenvalue weighted by atomic mass is 79.9. The molecule has 0 bridgehead atoms. The minimum Gasteiger partial charge on any atom is -0.222 e. The van der Waals surface area contributed by atoms with E-state index in [1.54, 1.807) is 0 Å². The van der Waals surface area contributed by atoms with E-state index < -0.39 is 10.2 Å². The van der Waals surface area contributed by atoms with Crippen LogP contribution in [0.15, 0.2) is 75.6 Å². The molecule has 2 aromatic carbocycles. The van der Waals surface area contributed by atoms with E-state index in [9.17, 15) is 0 Å². The molecule has 0 saturated carbocycles. The van der Waals surface area contributed by atoms with Crippen LogP contribution in [-0.2, 0) is 0 Å². The van der Waals surface area contributed by atoms with Crippen LogP contribution in [0.1, 0.15) is 0 Å². The van der Waals surface area contributed by atoms with Gasteiger partial charge in [-0.2, -0.15) is 0 Å². The van der Waals surface area contributed by atoms with Crippen molar-refractivity contribution in [2.45, 2.75) is 0 Å². The maximum Gasteiger partial charge on any atom is 0.376 e. The highest BCUT2D eigenvalue weighted by Crippen LogP contribution is 2.38. The van der Waals surface area contributed by atoms with Gasteiger partial charge in [0, 0.05) is 0 Å². The van der Waals surface area contributed by atoms with Crippen LogP contribution in [-0.4, -0.2) is 0 Å². The monoisotopic (exact) mass is 444 g/mol. The third kappa shape index (κ3) is 6.37. The van der Waals surface area contributed by atoms with Gasteiger partial charge in [0.25, 0.3) is 0 Å². The van der Waals surface area contributed by atoms with Crippen LogP contribution in [0.5, 0.6) is 0 Å². The van der Waals surface area contributed by atoms with Gasteiger partial charge < -0.3 is 0 Å². The molecule has 0 amide bonds. The summed E-state index contributed by atoms with van der Waals surface area (Å²) in [6.07, 6.45) is 0. The van der Waals surface area contributed by atoms with E-state index in [4.69, 9.17) is 34.7 Å². The van der Waals surface area contributed by atoms with Crippen LogP contribution >= 0.6 is 27.5 Å². The topological polar surface area (TPSA) is 104 Å². The fraction of sp³-hybridized carbons (Fsp3) is 0. The first-order chi connectivity index (χ1) is 11.8. The van der Waals surface area contributed by atoms with Crippen LogP contribution in [0.3, 0.4) is 0 Å². The first-order valence-corrected chi connectivity index (χ1v) is 9.21. The summed E-state index contributed by atoms with van der Waals surface area (Å²) >= 11 is 9.81. The summed E-state index contributed by atoms with van der Waals surface area (Å²) in [4.78, 5) is 0. The van der Waals surface area contributed by atoms with Gasteiger partial charge in [0.2, 0.25) is 0 Å². The van der Waals surface area contributed by atoms with Crippen LogP contribution in [0.25, 0.3) is 22.6 Å². The molecule has 5 nitrogen and oxygen atoms in total. The van der Waals surface area contributed by atoms with Gasteiger partial charge in [-0.05, 0) is 40.2 Å². The molecule has 0 fully saturated rings. The zero-order valence-electron chi connectivity index (χ0n) is 12.5. The first kappa shape index (κ1) is 19.8. The van der Waals surface area contributed by atoms with Crippen molar-refractivity contribution in [2.24, 2.45) is 0 Å². The van der Waals surface area contributed by atoms with Crippen molar-refractivity contribution in [2.75, 3.05) is 0 Å². The van der Waals surface area contributed by atoms with Gasteiger partial charge in [-0.15, -0.1) is 10.2 Å². The van der Waals surface area contributed by atoms with Gasteiger partial charge >= 0.3 is 11.5 Å².